The van der Waals surface area contributed by atoms with Gasteiger partial charge in [0.1, 0.15) is 0 Å². The molecular weight excluding hydrogens is 266 g/mol. The van der Waals surface area contributed by atoms with Gasteiger partial charge in [-0.25, -0.2) is 17.9 Å². The second-order valence-electron chi connectivity index (χ2n) is 4.57. The molecule has 0 saturated carbocycles. The first-order valence-corrected chi connectivity index (χ1v) is 7.81. The van der Waals surface area contributed by atoms with Crippen molar-refractivity contribution in [3.8, 4) is 0 Å². The molecule has 6 heteroatoms. The standard InChI is InChI=1S/C13H19NO4S/c1-3-5-10(2)14-19(17,18)9-11-6-4-7-12(8-11)13(15)16/h4,6-8,10,14H,3,5,9H2,1-2H3,(H,15,16). The van der Waals surface area contributed by atoms with Crippen LogP contribution in [0.25, 0.3) is 0 Å². The van der Waals surface area contributed by atoms with E-state index in [1.807, 2.05) is 13.8 Å². The Labute approximate surface area is 113 Å². The van der Waals surface area contributed by atoms with Crippen LogP contribution in [0.4, 0.5) is 0 Å². The van der Waals surface area contributed by atoms with Gasteiger partial charge in [0.2, 0.25) is 10.0 Å². The van der Waals surface area contributed by atoms with Crippen molar-refractivity contribution in [1.29, 1.82) is 0 Å². The van der Waals surface area contributed by atoms with E-state index < -0.39 is 16.0 Å². The summed E-state index contributed by atoms with van der Waals surface area (Å²) in [6.07, 6.45) is 1.67. The third-order valence-electron chi connectivity index (χ3n) is 2.63. The molecule has 0 heterocycles. The van der Waals surface area contributed by atoms with Gasteiger partial charge in [-0.1, -0.05) is 25.5 Å². The van der Waals surface area contributed by atoms with E-state index in [9.17, 15) is 13.2 Å². The number of nitrogens with one attached hydrogen (secondary N) is 1. The Morgan fingerprint density at radius 3 is 2.68 bits per heavy atom. The quantitative estimate of drug-likeness (QED) is 0.802. The first kappa shape index (κ1) is 15.7. The van der Waals surface area contributed by atoms with Crippen LogP contribution in [-0.4, -0.2) is 25.5 Å². The molecule has 0 saturated heterocycles. The molecule has 19 heavy (non-hydrogen) atoms. The van der Waals surface area contributed by atoms with Gasteiger partial charge in [-0.15, -0.1) is 0 Å². The molecule has 1 unspecified atom stereocenters. The number of carbonyl (C=O) groups is 1. The predicted octanol–water partition coefficient (Wildman–Crippen LogP) is 1.99. The van der Waals surface area contributed by atoms with E-state index >= 15 is 0 Å². The highest BCUT2D eigenvalue weighted by Gasteiger charge is 2.15. The van der Waals surface area contributed by atoms with E-state index in [1.165, 1.54) is 12.1 Å². The van der Waals surface area contributed by atoms with Crippen LogP contribution in [0, 0.1) is 0 Å². The van der Waals surface area contributed by atoms with Gasteiger partial charge in [0.15, 0.2) is 0 Å². The Morgan fingerprint density at radius 1 is 1.42 bits per heavy atom. The molecule has 0 bridgehead atoms. The Morgan fingerprint density at radius 2 is 2.11 bits per heavy atom. The molecule has 1 aromatic carbocycles. The highest BCUT2D eigenvalue weighted by Crippen LogP contribution is 2.10. The minimum atomic E-state index is -3.44. The first-order valence-electron chi connectivity index (χ1n) is 6.16. The molecule has 1 rings (SSSR count). The summed E-state index contributed by atoms with van der Waals surface area (Å²) in [7, 11) is -3.44. The zero-order chi connectivity index (χ0) is 14.5. The van der Waals surface area contributed by atoms with Gasteiger partial charge in [-0.05, 0) is 31.0 Å². The maximum atomic E-state index is 11.9. The Balaban J connectivity index is 2.78. The number of carboxylic acids is 1. The van der Waals surface area contributed by atoms with Gasteiger partial charge in [-0.3, -0.25) is 0 Å². The zero-order valence-corrected chi connectivity index (χ0v) is 11.9. The third-order valence-corrected chi connectivity index (χ3v) is 4.11. The van der Waals surface area contributed by atoms with E-state index in [2.05, 4.69) is 4.72 Å². The van der Waals surface area contributed by atoms with Crippen LogP contribution in [0.15, 0.2) is 24.3 Å². The lowest BCUT2D eigenvalue weighted by Crippen LogP contribution is -2.33. The van der Waals surface area contributed by atoms with Gasteiger partial charge in [0.25, 0.3) is 0 Å². The highest BCUT2D eigenvalue weighted by atomic mass is 32.2. The summed E-state index contributed by atoms with van der Waals surface area (Å²) in [5, 5.41) is 8.86. The molecule has 0 aromatic heterocycles. The minimum Gasteiger partial charge on any atom is -0.478 e. The van der Waals surface area contributed by atoms with Crippen molar-refractivity contribution in [2.24, 2.45) is 0 Å². The maximum Gasteiger partial charge on any atom is 0.335 e. The van der Waals surface area contributed by atoms with Crippen LogP contribution >= 0.6 is 0 Å². The fourth-order valence-electron chi connectivity index (χ4n) is 1.85. The number of carboxylic acid groups (broad SMARTS) is 1. The molecule has 0 spiro atoms. The summed E-state index contributed by atoms with van der Waals surface area (Å²) in [4.78, 5) is 10.8. The number of aromatic carboxylic acids is 1. The van der Waals surface area contributed by atoms with E-state index in [-0.39, 0.29) is 17.4 Å². The monoisotopic (exact) mass is 285 g/mol. The van der Waals surface area contributed by atoms with E-state index in [0.717, 1.165) is 12.8 Å². The summed E-state index contributed by atoms with van der Waals surface area (Å²) in [6, 6.07) is 5.86. The van der Waals surface area contributed by atoms with Gasteiger partial charge in [0.05, 0.1) is 11.3 Å². The average molecular weight is 285 g/mol. The number of hydrogen-bond donors (Lipinski definition) is 2. The van der Waals surface area contributed by atoms with Gasteiger partial charge in [0, 0.05) is 6.04 Å². The lowest BCUT2D eigenvalue weighted by molar-refractivity contribution is 0.0696. The highest BCUT2D eigenvalue weighted by molar-refractivity contribution is 7.88. The normalized spacial score (nSPS) is 13.2. The average Bonchev–Trinajstić information content (AvgIpc) is 2.27. The summed E-state index contributed by atoms with van der Waals surface area (Å²) < 4.78 is 26.4. The second-order valence-corrected chi connectivity index (χ2v) is 6.33. The molecule has 0 aliphatic carbocycles. The number of benzene rings is 1. The third kappa shape index (κ3) is 5.40. The molecule has 1 atom stereocenters. The molecular formula is C13H19NO4S. The van der Waals surface area contributed by atoms with Crippen molar-refractivity contribution in [1.82, 2.24) is 4.72 Å². The van der Waals surface area contributed by atoms with Crippen molar-refractivity contribution in [2.45, 2.75) is 38.5 Å². The number of sulfonamides is 1. The van der Waals surface area contributed by atoms with Gasteiger partial charge < -0.3 is 5.11 Å². The van der Waals surface area contributed by atoms with Gasteiger partial charge >= 0.3 is 5.97 Å². The maximum absolute atomic E-state index is 11.9. The Hall–Kier alpha value is -1.40. The molecule has 0 aliphatic heterocycles. The SMILES string of the molecule is CCCC(C)NS(=O)(=O)Cc1cccc(C(=O)O)c1. The smallest absolute Gasteiger partial charge is 0.335 e. The van der Waals surface area contributed by atoms with Crippen LogP contribution in [-0.2, 0) is 15.8 Å². The lowest BCUT2D eigenvalue weighted by atomic mass is 10.1. The molecule has 5 nitrogen and oxygen atoms in total. The van der Waals surface area contributed by atoms with Crippen molar-refractivity contribution >= 4 is 16.0 Å². The van der Waals surface area contributed by atoms with Crippen LogP contribution < -0.4 is 4.72 Å². The molecule has 0 fully saturated rings. The Bertz CT molecular complexity index is 539. The van der Waals surface area contributed by atoms with E-state index in [4.69, 9.17) is 5.11 Å². The van der Waals surface area contributed by atoms with E-state index in [0.29, 0.717) is 5.56 Å². The van der Waals surface area contributed by atoms with Crippen molar-refractivity contribution in [2.75, 3.05) is 0 Å². The molecule has 0 amide bonds. The predicted molar refractivity (Wildman–Crippen MR) is 73.5 cm³/mol. The van der Waals surface area contributed by atoms with Gasteiger partial charge in [-0.2, -0.15) is 0 Å². The van der Waals surface area contributed by atoms with Crippen LogP contribution in [0.3, 0.4) is 0 Å². The Kier molecular flexibility index (Phi) is 5.50. The summed E-state index contributed by atoms with van der Waals surface area (Å²) >= 11 is 0. The van der Waals surface area contributed by atoms with Crippen molar-refractivity contribution in [3.63, 3.8) is 0 Å². The minimum absolute atomic E-state index is 0.0920. The van der Waals surface area contributed by atoms with E-state index in [1.54, 1.807) is 12.1 Å². The van der Waals surface area contributed by atoms with Crippen molar-refractivity contribution in [3.05, 3.63) is 35.4 Å². The fourth-order valence-corrected chi connectivity index (χ4v) is 3.29. The molecule has 1 aromatic rings. The molecule has 0 aliphatic rings. The zero-order valence-electron chi connectivity index (χ0n) is 11.1. The second kappa shape index (κ2) is 6.68. The molecule has 106 valence electrons. The summed E-state index contributed by atoms with van der Waals surface area (Å²) in [6.45, 7) is 3.80. The van der Waals surface area contributed by atoms with Crippen LogP contribution in [0.5, 0.6) is 0 Å². The van der Waals surface area contributed by atoms with Crippen LogP contribution in [0.1, 0.15) is 42.6 Å². The van der Waals surface area contributed by atoms with Crippen LogP contribution in [0.2, 0.25) is 0 Å². The largest absolute Gasteiger partial charge is 0.478 e. The summed E-state index contributed by atoms with van der Waals surface area (Å²) in [5.74, 6) is -1.27. The topological polar surface area (TPSA) is 83.5 Å². The number of hydrogen-bond acceptors (Lipinski definition) is 3. The fraction of sp³-hybridized carbons (Fsp3) is 0.462. The lowest BCUT2D eigenvalue weighted by Gasteiger charge is -2.13. The number of rotatable bonds is 7. The summed E-state index contributed by atoms with van der Waals surface area (Å²) in [5.41, 5.74) is 0.561. The van der Waals surface area contributed by atoms with Crippen molar-refractivity contribution < 1.29 is 18.3 Å². The first-order chi connectivity index (χ1) is 8.84. The molecule has 0 radical (unpaired) electrons. The molecule has 2 N–H and O–H groups in total.